The van der Waals surface area contributed by atoms with Crippen molar-refractivity contribution >= 4 is 11.8 Å². The molecule has 0 saturated heterocycles. The Kier molecular flexibility index (Phi) is 7.94. The standard InChI is InChI=1S/C15H25NOS/c1-4-16-12-14(8-9-18-3)10-13-6-5-7-15(11-13)17-2/h5-7,11,14,16H,4,8-10,12H2,1-3H3. The van der Waals surface area contributed by atoms with E-state index in [9.17, 15) is 0 Å². The molecule has 1 rings (SSSR count). The van der Waals surface area contributed by atoms with E-state index in [2.05, 4.69) is 36.7 Å². The zero-order chi connectivity index (χ0) is 13.2. The molecular weight excluding hydrogens is 242 g/mol. The predicted octanol–water partition coefficient (Wildman–Crippen LogP) is 3.22. The highest BCUT2D eigenvalue weighted by atomic mass is 32.2. The fourth-order valence-corrected chi connectivity index (χ4v) is 2.61. The zero-order valence-electron chi connectivity index (χ0n) is 11.7. The minimum atomic E-state index is 0.713. The van der Waals surface area contributed by atoms with Crippen molar-refractivity contribution in [3.63, 3.8) is 0 Å². The fraction of sp³-hybridized carbons (Fsp3) is 0.600. The largest absolute Gasteiger partial charge is 0.497 e. The molecule has 1 unspecified atom stereocenters. The molecule has 0 aliphatic rings. The molecule has 1 N–H and O–H groups in total. The van der Waals surface area contributed by atoms with Gasteiger partial charge in [0.2, 0.25) is 0 Å². The van der Waals surface area contributed by atoms with Crippen LogP contribution in [0.25, 0.3) is 0 Å². The molecule has 0 bridgehead atoms. The van der Waals surface area contributed by atoms with Crippen molar-refractivity contribution < 1.29 is 4.74 Å². The number of methoxy groups -OCH3 is 1. The van der Waals surface area contributed by atoms with Crippen LogP contribution in [0.3, 0.4) is 0 Å². The number of nitrogens with one attached hydrogen (secondary N) is 1. The van der Waals surface area contributed by atoms with Crippen LogP contribution in [-0.2, 0) is 6.42 Å². The van der Waals surface area contributed by atoms with Crippen LogP contribution in [0, 0.1) is 5.92 Å². The van der Waals surface area contributed by atoms with E-state index in [4.69, 9.17) is 4.74 Å². The molecule has 0 spiro atoms. The van der Waals surface area contributed by atoms with Crippen LogP contribution in [0.4, 0.5) is 0 Å². The highest BCUT2D eigenvalue weighted by Gasteiger charge is 2.09. The molecule has 0 heterocycles. The molecule has 0 fully saturated rings. The molecule has 0 saturated carbocycles. The van der Waals surface area contributed by atoms with Gasteiger partial charge in [-0.3, -0.25) is 0 Å². The number of rotatable bonds is 9. The summed E-state index contributed by atoms with van der Waals surface area (Å²) in [4.78, 5) is 0. The zero-order valence-corrected chi connectivity index (χ0v) is 12.6. The third-order valence-corrected chi connectivity index (χ3v) is 3.72. The summed E-state index contributed by atoms with van der Waals surface area (Å²) in [6.45, 7) is 4.32. The maximum Gasteiger partial charge on any atom is 0.119 e. The Morgan fingerprint density at radius 3 is 2.89 bits per heavy atom. The van der Waals surface area contributed by atoms with E-state index in [0.29, 0.717) is 5.92 Å². The van der Waals surface area contributed by atoms with Gasteiger partial charge in [0.15, 0.2) is 0 Å². The predicted molar refractivity (Wildman–Crippen MR) is 81.7 cm³/mol. The summed E-state index contributed by atoms with van der Waals surface area (Å²) in [5.74, 6) is 2.91. The third kappa shape index (κ3) is 5.78. The summed E-state index contributed by atoms with van der Waals surface area (Å²) in [5, 5.41) is 3.47. The fourth-order valence-electron chi connectivity index (χ4n) is 2.04. The average Bonchev–Trinajstić information content (AvgIpc) is 2.42. The molecule has 0 aromatic heterocycles. The van der Waals surface area contributed by atoms with E-state index in [0.717, 1.165) is 25.3 Å². The Labute approximate surface area is 116 Å². The second kappa shape index (κ2) is 9.29. The highest BCUT2D eigenvalue weighted by Crippen LogP contribution is 2.18. The maximum absolute atomic E-state index is 5.28. The summed E-state index contributed by atoms with van der Waals surface area (Å²) in [7, 11) is 1.73. The monoisotopic (exact) mass is 267 g/mol. The van der Waals surface area contributed by atoms with Crippen molar-refractivity contribution in [3.8, 4) is 5.75 Å². The van der Waals surface area contributed by atoms with Crippen LogP contribution in [0.15, 0.2) is 24.3 Å². The van der Waals surface area contributed by atoms with E-state index >= 15 is 0 Å². The second-order valence-corrected chi connectivity index (χ2v) is 5.50. The van der Waals surface area contributed by atoms with E-state index in [1.807, 2.05) is 17.8 Å². The van der Waals surface area contributed by atoms with E-state index in [1.165, 1.54) is 17.7 Å². The van der Waals surface area contributed by atoms with E-state index in [-0.39, 0.29) is 0 Å². The lowest BCUT2D eigenvalue weighted by Crippen LogP contribution is -2.24. The van der Waals surface area contributed by atoms with Gasteiger partial charge in [-0.25, -0.2) is 0 Å². The minimum Gasteiger partial charge on any atom is -0.497 e. The smallest absolute Gasteiger partial charge is 0.119 e. The summed E-state index contributed by atoms with van der Waals surface area (Å²) in [5.41, 5.74) is 1.37. The Morgan fingerprint density at radius 1 is 1.39 bits per heavy atom. The van der Waals surface area contributed by atoms with Crippen molar-refractivity contribution in [2.24, 2.45) is 5.92 Å². The van der Waals surface area contributed by atoms with Gasteiger partial charge >= 0.3 is 0 Å². The van der Waals surface area contributed by atoms with Crippen molar-refractivity contribution in [2.75, 3.05) is 32.2 Å². The summed E-state index contributed by atoms with van der Waals surface area (Å²) >= 11 is 1.93. The number of ether oxygens (including phenoxy) is 1. The van der Waals surface area contributed by atoms with Gasteiger partial charge in [-0.05, 0) is 61.6 Å². The number of hydrogen-bond acceptors (Lipinski definition) is 3. The normalized spacial score (nSPS) is 12.4. The van der Waals surface area contributed by atoms with Crippen molar-refractivity contribution in [3.05, 3.63) is 29.8 Å². The first-order chi connectivity index (χ1) is 8.80. The topological polar surface area (TPSA) is 21.3 Å². The molecule has 1 aromatic rings. The van der Waals surface area contributed by atoms with Gasteiger partial charge in [0.05, 0.1) is 7.11 Å². The average molecular weight is 267 g/mol. The second-order valence-electron chi connectivity index (χ2n) is 4.51. The summed E-state index contributed by atoms with van der Waals surface area (Å²) < 4.78 is 5.28. The molecular formula is C15H25NOS. The Bertz CT molecular complexity index is 322. The molecule has 0 amide bonds. The summed E-state index contributed by atoms with van der Waals surface area (Å²) in [6, 6.07) is 8.43. The van der Waals surface area contributed by atoms with Crippen molar-refractivity contribution in [2.45, 2.75) is 19.8 Å². The van der Waals surface area contributed by atoms with Crippen LogP contribution in [0.2, 0.25) is 0 Å². The minimum absolute atomic E-state index is 0.713. The van der Waals surface area contributed by atoms with Gasteiger partial charge in [-0.1, -0.05) is 19.1 Å². The van der Waals surface area contributed by atoms with Crippen LogP contribution in [-0.4, -0.2) is 32.2 Å². The van der Waals surface area contributed by atoms with Gasteiger partial charge in [0.25, 0.3) is 0 Å². The van der Waals surface area contributed by atoms with Gasteiger partial charge in [0.1, 0.15) is 5.75 Å². The first kappa shape index (κ1) is 15.4. The molecule has 1 atom stereocenters. The molecule has 3 heteroatoms. The summed E-state index contributed by atoms with van der Waals surface area (Å²) in [6.07, 6.45) is 4.58. The molecule has 0 aliphatic heterocycles. The number of benzene rings is 1. The Morgan fingerprint density at radius 2 is 2.22 bits per heavy atom. The first-order valence-corrected chi connectivity index (χ1v) is 8.02. The van der Waals surface area contributed by atoms with E-state index < -0.39 is 0 Å². The quantitative estimate of drug-likeness (QED) is 0.742. The maximum atomic E-state index is 5.28. The van der Waals surface area contributed by atoms with Crippen LogP contribution >= 0.6 is 11.8 Å². The van der Waals surface area contributed by atoms with Gasteiger partial charge in [-0.15, -0.1) is 0 Å². The molecule has 0 aliphatic carbocycles. The van der Waals surface area contributed by atoms with Crippen LogP contribution < -0.4 is 10.1 Å². The van der Waals surface area contributed by atoms with Crippen molar-refractivity contribution in [1.29, 1.82) is 0 Å². The lowest BCUT2D eigenvalue weighted by Gasteiger charge is -2.17. The van der Waals surface area contributed by atoms with Gasteiger partial charge < -0.3 is 10.1 Å². The molecule has 18 heavy (non-hydrogen) atoms. The third-order valence-electron chi connectivity index (χ3n) is 3.07. The molecule has 0 radical (unpaired) electrons. The number of thioether (sulfide) groups is 1. The first-order valence-electron chi connectivity index (χ1n) is 6.62. The lowest BCUT2D eigenvalue weighted by molar-refractivity contribution is 0.413. The van der Waals surface area contributed by atoms with Crippen molar-refractivity contribution in [1.82, 2.24) is 5.32 Å². The SMILES string of the molecule is CCNCC(CCSC)Cc1cccc(OC)c1. The molecule has 1 aromatic carbocycles. The number of hydrogen-bond donors (Lipinski definition) is 1. The Balaban J connectivity index is 2.56. The molecule has 102 valence electrons. The van der Waals surface area contributed by atoms with E-state index in [1.54, 1.807) is 7.11 Å². The van der Waals surface area contributed by atoms with Crippen LogP contribution in [0.5, 0.6) is 5.75 Å². The lowest BCUT2D eigenvalue weighted by atomic mass is 9.96. The van der Waals surface area contributed by atoms with Crippen LogP contribution in [0.1, 0.15) is 18.9 Å². The van der Waals surface area contributed by atoms with Gasteiger partial charge in [0, 0.05) is 0 Å². The van der Waals surface area contributed by atoms with Gasteiger partial charge in [-0.2, -0.15) is 11.8 Å². The Hall–Kier alpha value is -0.670. The highest BCUT2D eigenvalue weighted by molar-refractivity contribution is 7.98. The molecule has 2 nitrogen and oxygen atoms in total.